The Morgan fingerprint density at radius 3 is 2.36 bits per heavy atom. The largest absolute Gasteiger partial charge is 0.444 e. The van der Waals surface area contributed by atoms with E-state index >= 15 is 0 Å². The molecule has 2 amide bonds. The van der Waals surface area contributed by atoms with E-state index in [2.05, 4.69) is 22.5 Å². The summed E-state index contributed by atoms with van der Waals surface area (Å²) in [5.74, 6) is -0.169. The number of ether oxygens (including phenoxy) is 1. The summed E-state index contributed by atoms with van der Waals surface area (Å²) in [6.45, 7) is 11.9. The van der Waals surface area contributed by atoms with Gasteiger partial charge in [0.05, 0.1) is 0 Å². The molecular weight excluding hydrogens is 318 g/mol. The van der Waals surface area contributed by atoms with Gasteiger partial charge in [0.25, 0.3) is 0 Å². The molecule has 2 N–H and O–H groups in total. The molecule has 0 radical (unpaired) electrons. The van der Waals surface area contributed by atoms with Crippen molar-refractivity contribution in [2.45, 2.75) is 59.1 Å². The van der Waals surface area contributed by atoms with Crippen LogP contribution in [0.15, 0.2) is 24.3 Å². The number of nitrogens with one attached hydrogen (secondary N) is 2. The van der Waals surface area contributed by atoms with E-state index < -0.39 is 17.2 Å². The van der Waals surface area contributed by atoms with Crippen LogP contribution in [0.25, 0.3) is 0 Å². The van der Waals surface area contributed by atoms with Crippen LogP contribution >= 0.6 is 0 Å². The second kappa shape index (κ2) is 8.23. The zero-order valence-corrected chi connectivity index (χ0v) is 16.4. The van der Waals surface area contributed by atoms with Crippen LogP contribution in [0.1, 0.15) is 48.0 Å². The van der Waals surface area contributed by atoms with Crippen molar-refractivity contribution in [3.8, 4) is 0 Å². The molecule has 0 bridgehead atoms. The number of alkyl carbamates (subject to hydrolysis) is 1. The molecule has 6 nitrogen and oxygen atoms in total. The number of carbonyl (C=O) groups is 2. The van der Waals surface area contributed by atoms with E-state index in [1.807, 2.05) is 31.3 Å². The van der Waals surface area contributed by atoms with Crippen molar-refractivity contribution >= 4 is 23.4 Å². The number of rotatable bonds is 6. The fourth-order valence-electron chi connectivity index (χ4n) is 2.23. The number of hydrogen-bond donors (Lipinski definition) is 2. The monoisotopic (exact) mass is 349 g/mol. The van der Waals surface area contributed by atoms with Gasteiger partial charge < -0.3 is 20.3 Å². The molecule has 1 rings (SSSR count). The second-order valence-electron chi connectivity index (χ2n) is 7.80. The smallest absolute Gasteiger partial charge is 0.408 e. The Morgan fingerprint density at radius 2 is 1.80 bits per heavy atom. The minimum atomic E-state index is -0.718. The fraction of sp³-hybridized carbons (Fsp3) is 0.579. The molecule has 0 fully saturated rings. The quantitative estimate of drug-likeness (QED) is 0.820. The van der Waals surface area contributed by atoms with Gasteiger partial charge in [-0.15, -0.1) is 0 Å². The van der Waals surface area contributed by atoms with Crippen LogP contribution in [0.5, 0.6) is 0 Å². The molecule has 0 aliphatic carbocycles. The molecule has 0 unspecified atom stereocenters. The van der Waals surface area contributed by atoms with Crippen molar-refractivity contribution in [1.29, 1.82) is 0 Å². The summed E-state index contributed by atoms with van der Waals surface area (Å²) >= 11 is 0. The van der Waals surface area contributed by atoms with Crippen LogP contribution < -0.4 is 15.5 Å². The molecule has 0 saturated heterocycles. The van der Waals surface area contributed by atoms with Gasteiger partial charge in [-0.25, -0.2) is 4.79 Å². The van der Waals surface area contributed by atoms with E-state index in [0.29, 0.717) is 0 Å². The molecule has 0 aliphatic rings. The van der Waals surface area contributed by atoms with Crippen molar-refractivity contribution in [2.24, 2.45) is 0 Å². The van der Waals surface area contributed by atoms with Gasteiger partial charge in [0.2, 0.25) is 5.91 Å². The molecule has 0 atom stereocenters. The topological polar surface area (TPSA) is 70.7 Å². The summed E-state index contributed by atoms with van der Waals surface area (Å²) in [4.78, 5) is 26.3. The van der Waals surface area contributed by atoms with Crippen LogP contribution in [0.2, 0.25) is 0 Å². The average Bonchev–Trinajstić information content (AvgIpc) is 2.42. The molecule has 1 aromatic rings. The highest BCUT2D eigenvalue weighted by molar-refractivity contribution is 5.92. The molecule has 1 aromatic carbocycles. The maximum Gasteiger partial charge on any atom is 0.408 e. The SMILES string of the molecule is CCN(C)c1cccc(NC(=O)CC(C)(C)NC(=O)OC(C)(C)C)c1. The highest BCUT2D eigenvalue weighted by Gasteiger charge is 2.27. The number of carbonyl (C=O) groups excluding carboxylic acids is 2. The summed E-state index contributed by atoms with van der Waals surface area (Å²) in [5, 5.41) is 5.62. The lowest BCUT2D eigenvalue weighted by Crippen LogP contribution is -2.47. The van der Waals surface area contributed by atoms with Crippen LogP contribution in [0.3, 0.4) is 0 Å². The third kappa shape index (κ3) is 7.92. The Hall–Kier alpha value is -2.24. The van der Waals surface area contributed by atoms with Gasteiger partial charge in [0.15, 0.2) is 0 Å². The summed E-state index contributed by atoms with van der Waals surface area (Å²) in [5.41, 5.74) is 0.473. The number of benzene rings is 1. The normalized spacial score (nSPS) is 11.6. The van der Waals surface area contributed by atoms with Crippen molar-refractivity contribution in [3.05, 3.63) is 24.3 Å². The predicted octanol–water partition coefficient (Wildman–Crippen LogP) is 3.77. The van der Waals surface area contributed by atoms with Crippen molar-refractivity contribution < 1.29 is 14.3 Å². The molecule has 0 aromatic heterocycles. The van der Waals surface area contributed by atoms with Gasteiger partial charge in [0, 0.05) is 36.9 Å². The summed E-state index contributed by atoms with van der Waals surface area (Å²) < 4.78 is 5.24. The van der Waals surface area contributed by atoms with Gasteiger partial charge in [-0.05, 0) is 59.7 Å². The summed E-state index contributed by atoms with van der Waals surface area (Å²) in [6, 6.07) is 7.67. The molecule has 0 spiro atoms. The maximum absolute atomic E-state index is 12.3. The second-order valence-corrected chi connectivity index (χ2v) is 7.80. The highest BCUT2D eigenvalue weighted by Crippen LogP contribution is 2.19. The predicted molar refractivity (Wildman–Crippen MR) is 102 cm³/mol. The Labute approximate surface area is 150 Å². The van der Waals surface area contributed by atoms with E-state index in [1.165, 1.54) is 0 Å². The third-order valence-corrected chi connectivity index (χ3v) is 3.49. The zero-order chi connectivity index (χ0) is 19.3. The van der Waals surface area contributed by atoms with Gasteiger partial charge in [-0.2, -0.15) is 0 Å². The van der Waals surface area contributed by atoms with Crippen LogP contribution in [-0.4, -0.2) is 36.7 Å². The lowest BCUT2D eigenvalue weighted by Gasteiger charge is -2.28. The first-order valence-electron chi connectivity index (χ1n) is 8.54. The van der Waals surface area contributed by atoms with Gasteiger partial charge in [-0.1, -0.05) is 6.07 Å². The van der Waals surface area contributed by atoms with Crippen molar-refractivity contribution in [2.75, 3.05) is 23.8 Å². The number of anilines is 2. The molecule has 6 heteroatoms. The van der Waals surface area contributed by atoms with Crippen LogP contribution in [0, 0.1) is 0 Å². The highest BCUT2D eigenvalue weighted by atomic mass is 16.6. The summed E-state index contributed by atoms with van der Waals surface area (Å²) in [7, 11) is 1.99. The first kappa shape index (κ1) is 20.8. The Bertz CT molecular complexity index is 606. The van der Waals surface area contributed by atoms with E-state index in [4.69, 9.17) is 4.74 Å². The van der Waals surface area contributed by atoms with Crippen molar-refractivity contribution in [1.82, 2.24) is 5.32 Å². The van der Waals surface area contributed by atoms with Gasteiger partial charge in [0.1, 0.15) is 5.60 Å². The number of nitrogens with zero attached hydrogens (tertiary/aromatic N) is 1. The average molecular weight is 349 g/mol. The first-order valence-corrected chi connectivity index (χ1v) is 8.54. The lowest BCUT2D eigenvalue weighted by molar-refractivity contribution is -0.117. The molecular formula is C19H31N3O3. The minimum absolute atomic E-state index is 0.139. The van der Waals surface area contributed by atoms with E-state index in [0.717, 1.165) is 17.9 Å². The van der Waals surface area contributed by atoms with Crippen LogP contribution in [-0.2, 0) is 9.53 Å². The Kier molecular flexibility index (Phi) is 6.85. The Morgan fingerprint density at radius 1 is 1.16 bits per heavy atom. The number of amides is 2. The fourth-order valence-corrected chi connectivity index (χ4v) is 2.23. The molecule has 0 saturated carbocycles. The molecule has 0 aliphatic heterocycles. The minimum Gasteiger partial charge on any atom is -0.444 e. The van der Waals surface area contributed by atoms with Gasteiger partial charge in [-0.3, -0.25) is 4.79 Å². The van der Waals surface area contributed by atoms with Gasteiger partial charge >= 0.3 is 6.09 Å². The Balaban J connectivity index is 2.64. The number of hydrogen-bond acceptors (Lipinski definition) is 4. The molecule has 25 heavy (non-hydrogen) atoms. The van der Waals surface area contributed by atoms with E-state index in [9.17, 15) is 9.59 Å². The standard InChI is InChI=1S/C19H31N3O3/c1-8-22(7)15-11-9-10-14(12-15)20-16(23)13-19(5,6)21-17(24)25-18(2,3)4/h9-12H,8,13H2,1-7H3,(H,20,23)(H,21,24). The zero-order valence-electron chi connectivity index (χ0n) is 16.4. The lowest BCUT2D eigenvalue weighted by atomic mass is 10.0. The van der Waals surface area contributed by atoms with E-state index in [1.54, 1.807) is 34.6 Å². The van der Waals surface area contributed by atoms with E-state index in [-0.39, 0.29) is 12.3 Å². The molecule has 0 heterocycles. The first-order chi connectivity index (χ1) is 11.4. The van der Waals surface area contributed by atoms with Crippen molar-refractivity contribution in [3.63, 3.8) is 0 Å². The third-order valence-electron chi connectivity index (χ3n) is 3.49. The maximum atomic E-state index is 12.3. The van der Waals surface area contributed by atoms with Crippen LogP contribution in [0.4, 0.5) is 16.2 Å². The summed E-state index contributed by atoms with van der Waals surface area (Å²) in [6.07, 6.45) is -0.392. The molecule has 140 valence electrons.